The molecule has 4 N–H and O–H groups in total. The van der Waals surface area contributed by atoms with Crippen molar-refractivity contribution in [3.63, 3.8) is 0 Å². The zero-order valence-electron chi connectivity index (χ0n) is 17.6. The van der Waals surface area contributed by atoms with Crippen LogP contribution in [-0.4, -0.2) is 55.1 Å². The smallest absolute Gasteiger partial charge is 0.311 e. The highest BCUT2D eigenvalue weighted by atomic mass is 19.1. The number of carbonyl (C=O) groups is 1. The lowest BCUT2D eigenvalue weighted by atomic mass is 9.97. The van der Waals surface area contributed by atoms with E-state index in [9.17, 15) is 19.3 Å². The third kappa shape index (κ3) is 4.72. The Bertz CT molecular complexity index is 1010. The van der Waals surface area contributed by atoms with E-state index in [0.717, 1.165) is 32.6 Å². The van der Waals surface area contributed by atoms with Gasteiger partial charge in [0.1, 0.15) is 11.6 Å². The summed E-state index contributed by atoms with van der Waals surface area (Å²) in [5.74, 6) is -0.481. The van der Waals surface area contributed by atoms with Crippen LogP contribution in [0.25, 0.3) is 0 Å². The number of benzene rings is 1. The van der Waals surface area contributed by atoms with E-state index in [1.165, 1.54) is 12.1 Å². The molecule has 1 aromatic carbocycles. The van der Waals surface area contributed by atoms with Gasteiger partial charge in [-0.15, -0.1) is 0 Å². The summed E-state index contributed by atoms with van der Waals surface area (Å²) in [6.07, 6.45) is 1.45. The Morgan fingerprint density at radius 2 is 2.00 bits per heavy atom. The van der Waals surface area contributed by atoms with Crippen LogP contribution in [0.15, 0.2) is 30.3 Å². The molecular weight excluding hydrogens is 417 g/mol. The van der Waals surface area contributed by atoms with E-state index in [1.807, 2.05) is 9.80 Å². The second-order valence-corrected chi connectivity index (χ2v) is 8.01. The van der Waals surface area contributed by atoms with Gasteiger partial charge in [0.15, 0.2) is 0 Å². The zero-order chi connectivity index (χ0) is 22.7. The number of anilines is 4. The molecule has 1 unspecified atom stereocenters. The number of piperazine rings is 1. The van der Waals surface area contributed by atoms with Crippen LogP contribution >= 0.6 is 0 Å². The lowest BCUT2D eigenvalue weighted by Crippen LogP contribution is -2.43. The van der Waals surface area contributed by atoms with Crippen molar-refractivity contribution in [2.45, 2.75) is 12.8 Å². The van der Waals surface area contributed by atoms with Crippen molar-refractivity contribution in [3.8, 4) is 0 Å². The number of nitrogens with zero attached hydrogens (tertiary/aromatic N) is 4. The van der Waals surface area contributed by atoms with Gasteiger partial charge in [0.05, 0.1) is 16.5 Å². The first-order valence-electron chi connectivity index (χ1n) is 10.6. The van der Waals surface area contributed by atoms with Gasteiger partial charge in [-0.25, -0.2) is 9.37 Å². The quantitative estimate of drug-likeness (QED) is 0.457. The number of carbonyl (C=O) groups excluding carboxylic acids is 1. The average Bonchev–Trinajstić information content (AvgIpc) is 2.79. The summed E-state index contributed by atoms with van der Waals surface area (Å²) in [6.45, 7) is 4.11. The minimum Gasteiger partial charge on any atom is -0.369 e. The summed E-state index contributed by atoms with van der Waals surface area (Å²) in [5, 5.41) is 17.7. The Morgan fingerprint density at radius 3 is 2.69 bits per heavy atom. The summed E-state index contributed by atoms with van der Waals surface area (Å²) < 4.78 is 14.9. The summed E-state index contributed by atoms with van der Waals surface area (Å²) in [4.78, 5) is 30.8. The molecule has 11 heteroatoms. The Labute approximate surface area is 184 Å². The van der Waals surface area contributed by atoms with Crippen molar-refractivity contribution in [2.24, 2.45) is 11.7 Å². The first-order chi connectivity index (χ1) is 15.4. The molecule has 2 saturated heterocycles. The number of piperidine rings is 1. The number of nitrogens with one attached hydrogen (secondary N) is 2. The van der Waals surface area contributed by atoms with Crippen molar-refractivity contribution in [1.29, 1.82) is 0 Å². The van der Waals surface area contributed by atoms with Crippen LogP contribution in [0.3, 0.4) is 0 Å². The molecule has 4 rings (SSSR count). The van der Waals surface area contributed by atoms with Crippen LogP contribution in [0, 0.1) is 21.8 Å². The van der Waals surface area contributed by atoms with Crippen molar-refractivity contribution in [3.05, 3.63) is 46.3 Å². The number of nitrogens with two attached hydrogens (primary N) is 1. The first-order valence-corrected chi connectivity index (χ1v) is 10.6. The van der Waals surface area contributed by atoms with Gasteiger partial charge in [-0.2, -0.15) is 0 Å². The molecule has 0 radical (unpaired) electrons. The van der Waals surface area contributed by atoms with Crippen LogP contribution in [0.5, 0.6) is 0 Å². The standard InChI is InChI=1S/C21H26FN7O3/c22-16-12-15(3-4-17(16)28-9-1-2-14(13-28)20(23)30)25-21-18(29(31)32)5-6-19(26-21)27-10-7-24-8-11-27/h3-6,12,14,24H,1-2,7-11,13H2,(H2,23,30)(H,25,26). The van der Waals surface area contributed by atoms with Crippen molar-refractivity contribution in [2.75, 3.05) is 54.4 Å². The van der Waals surface area contributed by atoms with Gasteiger partial charge < -0.3 is 26.2 Å². The maximum atomic E-state index is 14.9. The highest BCUT2D eigenvalue weighted by Gasteiger charge is 2.26. The van der Waals surface area contributed by atoms with Gasteiger partial charge in [-0.3, -0.25) is 14.9 Å². The highest BCUT2D eigenvalue weighted by Crippen LogP contribution is 2.32. The second kappa shape index (κ2) is 9.35. The van der Waals surface area contributed by atoms with Crippen molar-refractivity contribution in [1.82, 2.24) is 10.3 Å². The Kier molecular flexibility index (Phi) is 6.35. The monoisotopic (exact) mass is 443 g/mol. The molecule has 0 spiro atoms. The van der Waals surface area contributed by atoms with Gasteiger partial charge in [-0.1, -0.05) is 0 Å². The molecule has 0 saturated carbocycles. The lowest BCUT2D eigenvalue weighted by Gasteiger charge is -2.33. The molecule has 0 aliphatic carbocycles. The van der Waals surface area contributed by atoms with Gasteiger partial charge in [0, 0.05) is 51.0 Å². The van der Waals surface area contributed by atoms with Gasteiger partial charge in [0.2, 0.25) is 11.7 Å². The maximum absolute atomic E-state index is 14.9. The van der Waals surface area contributed by atoms with Crippen LogP contribution < -0.4 is 26.2 Å². The number of rotatable bonds is 6. The molecule has 0 bridgehead atoms. The van der Waals surface area contributed by atoms with Crippen LogP contribution in [-0.2, 0) is 4.79 Å². The summed E-state index contributed by atoms with van der Waals surface area (Å²) >= 11 is 0. The molecule has 32 heavy (non-hydrogen) atoms. The molecule has 1 amide bonds. The van der Waals surface area contributed by atoms with Crippen LogP contribution in [0.2, 0.25) is 0 Å². The molecule has 1 aromatic heterocycles. The molecular formula is C21H26FN7O3. The van der Waals surface area contributed by atoms with E-state index < -0.39 is 10.7 Å². The SMILES string of the molecule is NC(=O)C1CCCN(c2ccc(Nc3nc(N4CCNCC4)ccc3[N+](=O)[O-])cc2F)C1. The zero-order valence-corrected chi connectivity index (χ0v) is 17.6. The van der Waals surface area contributed by atoms with E-state index in [-0.39, 0.29) is 23.3 Å². The molecule has 2 aromatic rings. The third-order valence-electron chi connectivity index (χ3n) is 5.87. The topological polar surface area (TPSA) is 130 Å². The van der Waals surface area contributed by atoms with E-state index in [2.05, 4.69) is 15.6 Å². The number of pyridine rings is 1. The second-order valence-electron chi connectivity index (χ2n) is 8.01. The number of hydrogen-bond acceptors (Lipinski definition) is 8. The molecule has 2 aliphatic rings. The Morgan fingerprint density at radius 1 is 1.22 bits per heavy atom. The normalized spacial score (nSPS) is 19.0. The average molecular weight is 443 g/mol. The van der Waals surface area contributed by atoms with Gasteiger partial charge >= 0.3 is 5.69 Å². The van der Waals surface area contributed by atoms with Crippen molar-refractivity contribution >= 4 is 34.6 Å². The minimum absolute atomic E-state index is 0.0601. The number of aromatic nitrogens is 1. The third-order valence-corrected chi connectivity index (χ3v) is 5.87. The fraction of sp³-hybridized carbons (Fsp3) is 0.429. The van der Waals surface area contributed by atoms with Crippen molar-refractivity contribution < 1.29 is 14.1 Å². The first kappa shape index (κ1) is 21.8. The predicted octanol–water partition coefficient (Wildman–Crippen LogP) is 1.98. The van der Waals surface area contributed by atoms with E-state index >= 15 is 0 Å². The number of primary amides is 1. The summed E-state index contributed by atoms with van der Waals surface area (Å²) in [7, 11) is 0. The molecule has 170 valence electrons. The minimum atomic E-state index is -0.515. The fourth-order valence-corrected chi connectivity index (χ4v) is 4.16. The van der Waals surface area contributed by atoms with E-state index in [1.54, 1.807) is 18.2 Å². The molecule has 2 fully saturated rings. The number of hydrogen-bond donors (Lipinski definition) is 3. The van der Waals surface area contributed by atoms with E-state index in [4.69, 9.17) is 5.73 Å². The number of halogens is 1. The summed E-state index contributed by atoms with van der Waals surface area (Å²) in [5.41, 5.74) is 5.96. The van der Waals surface area contributed by atoms with Gasteiger partial charge in [-0.05, 0) is 37.1 Å². The fourth-order valence-electron chi connectivity index (χ4n) is 4.16. The largest absolute Gasteiger partial charge is 0.369 e. The molecule has 3 heterocycles. The summed E-state index contributed by atoms with van der Waals surface area (Å²) in [6, 6.07) is 7.58. The molecule has 2 aliphatic heterocycles. The van der Waals surface area contributed by atoms with Crippen LogP contribution in [0.4, 0.5) is 33.1 Å². The van der Waals surface area contributed by atoms with Gasteiger partial charge in [0.25, 0.3) is 0 Å². The number of amides is 1. The van der Waals surface area contributed by atoms with E-state index in [0.29, 0.717) is 36.7 Å². The Balaban J connectivity index is 1.56. The maximum Gasteiger partial charge on any atom is 0.311 e. The highest BCUT2D eigenvalue weighted by molar-refractivity contribution is 5.78. The molecule has 10 nitrogen and oxygen atoms in total. The Hall–Kier alpha value is -3.47. The predicted molar refractivity (Wildman–Crippen MR) is 120 cm³/mol. The van der Waals surface area contributed by atoms with Crippen LogP contribution in [0.1, 0.15) is 12.8 Å². The molecule has 1 atom stereocenters. The number of nitro groups is 1. The lowest BCUT2D eigenvalue weighted by molar-refractivity contribution is -0.384.